The Kier molecular flexibility index (Phi) is 3.89. The fraction of sp³-hybridized carbons (Fsp3) is 0.143. The number of hydrogen-bond donors (Lipinski definition) is 2. The zero-order chi connectivity index (χ0) is 13.0. The minimum absolute atomic E-state index is 0.262. The van der Waals surface area contributed by atoms with Crippen molar-refractivity contribution in [3.8, 4) is 0 Å². The van der Waals surface area contributed by atoms with Gasteiger partial charge < -0.3 is 11.1 Å². The second-order valence-electron chi connectivity index (χ2n) is 4.04. The number of para-hydroxylation sites is 1. The lowest BCUT2D eigenvalue weighted by molar-refractivity contribution is 0.569. The van der Waals surface area contributed by atoms with Gasteiger partial charge in [0.15, 0.2) is 0 Å². The van der Waals surface area contributed by atoms with Gasteiger partial charge in [0.05, 0.1) is 0 Å². The molecule has 0 fully saturated rings. The maximum absolute atomic E-state index is 13.3. The first-order chi connectivity index (χ1) is 8.66. The third-order valence-electron chi connectivity index (χ3n) is 2.69. The highest BCUT2D eigenvalue weighted by atomic mass is 19.1. The molecule has 2 aromatic carbocycles. The average molecular weight is 248 g/mol. The predicted molar refractivity (Wildman–Crippen MR) is 67.8 cm³/mol. The van der Waals surface area contributed by atoms with Crippen molar-refractivity contribution in [3.63, 3.8) is 0 Å². The number of anilines is 1. The predicted octanol–water partition coefficient (Wildman–Crippen LogP) is 2.84. The van der Waals surface area contributed by atoms with Crippen LogP contribution in [-0.2, 0) is 13.1 Å². The van der Waals surface area contributed by atoms with Crippen molar-refractivity contribution in [1.82, 2.24) is 5.32 Å². The van der Waals surface area contributed by atoms with E-state index < -0.39 is 11.6 Å². The molecular formula is C14H14F2N2. The first-order valence-electron chi connectivity index (χ1n) is 5.65. The van der Waals surface area contributed by atoms with E-state index in [0.717, 1.165) is 17.7 Å². The minimum Gasteiger partial charge on any atom is -0.398 e. The molecule has 0 unspecified atom stereocenters. The van der Waals surface area contributed by atoms with Crippen molar-refractivity contribution in [1.29, 1.82) is 0 Å². The molecule has 0 amide bonds. The van der Waals surface area contributed by atoms with Gasteiger partial charge in [-0.25, -0.2) is 8.78 Å². The molecule has 0 spiro atoms. The molecule has 0 radical (unpaired) electrons. The van der Waals surface area contributed by atoms with Crippen LogP contribution in [0.1, 0.15) is 11.1 Å². The van der Waals surface area contributed by atoms with Crippen LogP contribution in [0.5, 0.6) is 0 Å². The van der Waals surface area contributed by atoms with E-state index in [4.69, 9.17) is 5.73 Å². The summed E-state index contributed by atoms with van der Waals surface area (Å²) in [5.74, 6) is -0.850. The molecule has 0 aromatic heterocycles. The van der Waals surface area contributed by atoms with Crippen molar-refractivity contribution < 1.29 is 8.78 Å². The van der Waals surface area contributed by atoms with Crippen LogP contribution >= 0.6 is 0 Å². The van der Waals surface area contributed by atoms with Gasteiger partial charge in [0, 0.05) is 24.3 Å². The van der Waals surface area contributed by atoms with E-state index in [1.807, 2.05) is 18.2 Å². The second-order valence-corrected chi connectivity index (χ2v) is 4.04. The highest BCUT2D eigenvalue weighted by Crippen LogP contribution is 2.12. The zero-order valence-electron chi connectivity index (χ0n) is 9.79. The number of rotatable bonds is 4. The highest BCUT2D eigenvalue weighted by molar-refractivity contribution is 5.46. The van der Waals surface area contributed by atoms with Crippen LogP contribution in [0, 0.1) is 11.6 Å². The largest absolute Gasteiger partial charge is 0.398 e. The Balaban J connectivity index is 1.96. The fourth-order valence-corrected chi connectivity index (χ4v) is 1.71. The summed E-state index contributed by atoms with van der Waals surface area (Å²) in [7, 11) is 0. The molecule has 0 saturated carbocycles. The lowest BCUT2D eigenvalue weighted by Crippen LogP contribution is -2.15. The topological polar surface area (TPSA) is 38.0 Å². The normalized spacial score (nSPS) is 10.6. The molecule has 18 heavy (non-hydrogen) atoms. The van der Waals surface area contributed by atoms with E-state index in [9.17, 15) is 8.78 Å². The van der Waals surface area contributed by atoms with Crippen LogP contribution in [0.2, 0.25) is 0 Å². The highest BCUT2D eigenvalue weighted by Gasteiger charge is 2.04. The van der Waals surface area contributed by atoms with Gasteiger partial charge in [-0.05, 0) is 29.8 Å². The molecule has 0 saturated heterocycles. The molecule has 0 aliphatic rings. The first kappa shape index (κ1) is 12.5. The monoisotopic (exact) mass is 248 g/mol. The summed E-state index contributed by atoms with van der Waals surface area (Å²) in [5.41, 5.74) is 7.71. The number of nitrogen functional groups attached to an aromatic ring is 1. The maximum atomic E-state index is 13.3. The van der Waals surface area contributed by atoms with Crippen molar-refractivity contribution in [3.05, 3.63) is 65.2 Å². The van der Waals surface area contributed by atoms with Gasteiger partial charge in [-0.1, -0.05) is 18.2 Å². The Morgan fingerprint density at radius 3 is 2.44 bits per heavy atom. The van der Waals surface area contributed by atoms with Crippen LogP contribution in [0.15, 0.2) is 42.5 Å². The zero-order valence-corrected chi connectivity index (χ0v) is 9.79. The van der Waals surface area contributed by atoms with Crippen molar-refractivity contribution in [2.45, 2.75) is 13.1 Å². The third-order valence-corrected chi connectivity index (χ3v) is 2.69. The quantitative estimate of drug-likeness (QED) is 0.816. The molecule has 0 bridgehead atoms. The number of hydrogen-bond acceptors (Lipinski definition) is 2. The minimum atomic E-state index is -0.438. The fourth-order valence-electron chi connectivity index (χ4n) is 1.71. The van der Waals surface area contributed by atoms with Crippen molar-refractivity contribution in [2.24, 2.45) is 0 Å². The van der Waals surface area contributed by atoms with Crippen LogP contribution in [0.25, 0.3) is 0 Å². The van der Waals surface area contributed by atoms with Gasteiger partial charge >= 0.3 is 0 Å². The Morgan fingerprint density at radius 1 is 0.944 bits per heavy atom. The van der Waals surface area contributed by atoms with E-state index in [-0.39, 0.29) is 6.54 Å². The van der Waals surface area contributed by atoms with Gasteiger partial charge in [-0.3, -0.25) is 0 Å². The first-order valence-corrected chi connectivity index (χ1v) is 5.65. The molecule has 2 nitrogen and oxygen atoms in total. The third kappa shape index (κ3) is 3.05. The number of nitrogens with two attached hydrogens (primary N) is 1. The molecular weight excluding hydrogens is 234 g/mol. The lowest BCUT2D eigenvalue weighted by atomic mass is 10.1. The second kappa shape index (κ2) is 5.60. The van der Waals surface area contributed by atoms with Gasteiger partial charge in [-0.2, -0.15) is 0 Å². The van der Waals surface area contributed by atoms with E-state index in [1.54, 1.807) is 6.07 Å². The standard InChI is InChI=1S/C14H14F2N2/c15-12-5-6-13(16)11(7-12)9-18-8-10-3-1-2-4-14(10)17/h1-7,18H,8-9,17H2. The molecule has 2 aromatic rings. The van der Waals surface area contributed by atoms with E-state index in [1.165, 1.54) is 6.07 Å². The van der Waals surface area contributed by atoms with Crippen molar-refractivity contribution >= 4 is 5.69 Å². The summed E-state index contributed by atoms with van der Waals surface area (Å²) >= 11 is 0. The summed E-state index contributed by atoms with van der Waals surface area (Å²) in [4.78, 5) is 0. The Labute approximate surface area is 104 Å². The SMILES string of the molecule is Nc1ccccc1CNCc1cc(F)ccc1F. The van der Waals surface area contributed by atoms with E-state index in [0.29, 0.717) is 17.8 Å². The maximum Gasteiger partial charge on any atom is 0.127 e. The summed E-state index contributed by atoms with van der Waals surface area (Å²) in [6.45, 7) is 0.778. The number of benzene rings is 2. The van der Waals surface area contributed by atoms with Gasteiger partial charge in [0.2, 0.25) is 0 Å². The number of nitrogens with one attached hydrogen (secondary N) is 1. The molecule has 4 heteroatoms. The van der Waals surface area contributed by atoms with Crippen LogP contribution in [-0.4, -0.2) is 0 Å². The Hall–Kier alpha value is -1.94. The smallest absolute Gasteiger partial charge is 0.127 e. The molecule has 0 atom stereocenters. The van der Waals surface area contributed by atoms with Crippen LogP contribution < -0.4 is 11.1 Å². The van der Waals surface area contributed by atoms with Crippen LogP contribution in [0.3, 0.4) is 0 Å². The van der Waals surface area contributed by atoms with E-state index >= 15 is 0 Å². The van der Waals surface area contributed by atoms with Crippen molar-refractivity contribution in [2.75, 3.05) is 5.73 Å². The van der Waals surface area contributed by atoms with Gasteiger partial charge in [0.25, 0.3) is 0 Å². The average Bonchev–Trinajstić information content (AvgIpc) is 2.36. The molecule has 0 aliphatic heterocycles. The summed E-state index contributed by atoms with van der Waals surface area (Å²) < 4.78 is 26.3. The van der Waals surface area contributed by atoms with Crippen LogP contribution in [0.4, 0.5) is 14.5 Å². The van der Waals surface area contributed by atoms with E-state index in [2.05, 4.69) is 5.32 Å². The lowest BCUT2D eigenvalue weighted by Gasteiger charge is -2.08. The Morgan fingerprint density at radius 2 is 1.67 bits per heavy atom. The molecule has 3 N–H and O–H groups in total. The molecule has 0 aliphatic carbocycles. The molecule has 0 heterocycles. The van der Waals surface area contributed by atoms with Gasteiger partial charge in [-0.15, -0.1) is 0 Å². The number of halogens is 2. The Bertz CT molecular complexity index is 541. The summed E-state index contributed by atoms with van der Waals surface area (Å²) in [6, 6.07) is 10.9. The summed E-state index contributed by atoms with van der Waals surface area (Å²) in [5, 5.41) is 3.04. The summed E-state index contributed by atoms with van der Waals surface area (Å²) in [6.07, 6.45) is 0. The van der Waals surface area contributed by atoms with Gasteiger partial charge in [0.1, 0.15) is 11.6 Å². The molecule has 2 rings (SSSR count). The molecule has 94 valence electrons.